The van der Waals surface area contributed by atoms with Crippen molar-refractivity contribution < 1.29 is 4.39 Å². The molecule has 0 saturated heterocycles. The number of amidine groups is 1. The van der Waals surface area contributed by atoms with E-state index in [1.165, 1.54) is 12.1 Å². The van der Waals surface area contributed by atoms with Crippen molar-refractivity contribution in [2.24, 2.45) is 10.1 Å². The van der Waals surface area contributed by atoms with Gasteiger partial charge in [0.2, 0.25) is 0 Å². The van der Waals surface area contributed by atoms with E-state index in [0.29, 0.717) is 5.84 Å². The second-order valence-corrected chi connectivity index (χ2v) is 7.00. The third-order valence-electron chi connectivity index (χ3n) is 4.69. The summed E-state index contributed by atoms with van der Waals surface area (Å²) in [6, 6.07) is 20.6. The van der Waals surface area contributed by atoms with Gasteiger partial charge in [-0.15, -0.1) is 0 Å². The fraction of sp³-hybridized carbons (Fsp3) is 0.130. The minimum atomic E-state index is -0.279. The van der Waals surface area contributed by atoms with Gasteiger partial charge in [-0.05, 0) is 55.5 Å². The molecule has 1 heterocycles. The van der Waals surface area contributed by atoms with Gasteiger partial charge < -0.3 is 4.90 Å². The molecule has 1 aliphatic rings. The minimum absolute atomic E-state index is 0.279. The second-order valence-electron chi connectivity index (χ2n) is 7.00. The highest BCUT2D eigenvalue weighted by Gasteiger charge is 2.17. The molecule has 0 atom stereocenters. The molecule has 4 rings (SSSR count). The summed E-state index contributed by atoms with van der Waals surface area (Å²) < 4.78 is 13.3. The predicted molar refractivity (Wildman–Crippen MR) is 113 cm³/mol. The van der Waals surface area contributed by atoms with E-state index in [9.17, 15) is 4.39 Å². The molecule has 0 unspecified atom stereocenters. The Morgan fingerprint density at radius 1 is 0.857 bits per heavy atom. The molecular weight excluding hydrogens is 351 g/mol. The van der Waals surface area contributed by atoms with Crippen molar-refractivity contribution in [2.75, 3.05) is 19.0 Å². The van der Waals surface area contributed by atoms with Crippen LogP contribution in [0, 0.1) is 12.7 Å². The monoisotopic (exact) mass is 372 g/mol. The summed E-state index contributed by atoms with van der Waals surface area (Å²) in [7, 11) is 4.03. The van der Waals surface area contributed by atoms with Crippen molar-refractivity contribution in [2.45, 2.75) is 6.92 Å². The average molecular weight is 372 g/mol. The predicted octanol–water partition coefficient (Wildman–Crippen LogP) is 4.63. The second kappa shape index (κ2) is 7.27. The van der Waals surface area contributed by atoms with Gasteiger partial charge in [0.15, 0.2) is 5.84 Å². The number of hydrazone groups is 1. The summed E-state index contributed by atoms with van der Waals surface area (Å²) in [6.07, 6.45) is 0. The molecule has 1 aliphatic heterocycles. The first-order chi connectivity index (χ1) is 13.5. The van der Waals surface area contributed by atoms with Crippen LogP contribution in [0.5, 0.6) is 0 Å². The number of nitrogens with one attached hydrogen (secondary N) is 1. The quantitative estimate of drug-likeness (QED) is 0.728. The molecule has 5 heteroatoms. The Labute approximate surface area is 164 Å². The van der Waals surface area contributed by atoms with E-state index in [4.69, 9.17) is 4.99 Å². The van der Waals surface area contributed by atoms with Crippen molar-refractivity contribution in [3.63, 3.8) is 0 Å². The summed E-state index contributed by atoms with van der Waals surface area (Å²) in [5, 5.41) is 4.66. The Morgan fingerprint density at radius 2 is 1.54 bits per heavy atom. The minimum Gasteiger partial charge on any atom is -0.378 e. The fourth-order valence-corrected chi connectivity index (χ4v) is 3.13. The molecule has 1 N–H and O–H groups in total. The number of benzene rings is 3. The van der Waals surface area contributed by atoms with E-state index >= 15 is 0 Å². The van der Waals surface area contributed by atoms with Crippen LogP contribution in [-0.4, -0.2) is 25.6 Å². The standard InChI is InChI=1S/C23H21FN4/c1-15-4-13-21-20(14-15)22(16-7-11-19(12-8-16)28(2)3)26-27-23(25-21)17-5-9-18(24)10-6-17/h4-14H,1-3H3,(H,25,27). The molecule has 140 valence electrons. The smallest absolute Gasteiger partial charge is 0.154 e. The molecule has 0 spiro atoms. The first kappa shape index (κ1) is 17.9. The number of aliphatic imine (C=N–C) groups is 1. The lowest BCUT2D eigenvalue weighted by atomic mass is 9.98. The van der Waals surface area contributed by atoms with Crippen molar-refractivity contribution in [3.05, 3.63) is 94.8 Å². The van der Waals surface area contributed by atoms with E-state index in [1.807, 2.05) is 26.2 Å². The maximum atomic E-state index is 13.3. The van der Waals surface area contributed by atoms with E-state index < -0.39 is 0 Å². The largest absolute Gasteiger partial charge is 0.378 e. The topological polar surface area (TPSA) is 40.0 Å². The normalized spacial score (nSPS) is 13.0. The van der Waals surface area contributed by atoms with Gasteiger partial charge in [-0.25, -0.2) is 9.38 Å². The Balaban J connectivity index is 1.81. The van der Waals surface area contributed by atoms with Gasteiger partial charge in [-0.2, -0.15) is 5.10 Å². The number of aryl methyl sites for hydroxylation is 1. The van der Waals surface area contributed by atoms with Gasteiger partial charge in [0.1, 0.15) is 5.82 Å². The molecule has 28 heavy (non-hydrogen) atoms. The third-order valence-corrected chi connectivity index (χ3v) is 4.69. The van der Waals surface area contributed by atoms with Gasteiger partial charge >= 0.3 is 0 Å². The van der Waals surface area contributed by atoms with Crippen molar-refractivity contribution >= 4 is 22.9 Å². The molecule has 3 aromatic rings. The van der Waals surface area contributed by atoms with E-state index in [1.54, 1.807) is 12.1 Å². The molecule has 0 fully saturated rings. The molecule has 0 saturated carbocycles. The first-order valence-corrected chi connectivity index (χ1v) is 9.08. The van der Waals surface area contributed by atoms with Crippen LogP contribution in [0.2, 0.25) is 0 Å². The van der Waals surface area contributed by atoms with Crippen LogP contribution >= 0.6 is 0 Å². The zero-order valence-corrected chi connectivity index (χ0v) is 16.1. The number of rotatable bonds is 3. The zero-order valence-electron chi connectivity index (χ0n) is 16.1. The molecular formula is C23H21FN4. The van der Waals surface area contributed by atoms with Crippen LogP contribution in [0.3, 0.4) is 0 Å². The number of hydrogen-bond acceptors (Lipinski definition) is 4. The van der Waals surface area contributed by atoms with Gasteiger partial charge in [-0.1, -0.05) is 23.8 Å². The van der Waals surface area contributed by atoms with Crippen LogP contribution in [0.4, 0.5) is 15.8 Å². The van der Waals surface area contributed by atoms with Crippen LogP contribution in [0.25, 0.3) is 0 Å². The first-order valence-electron chi connectivity index (χ1n) is 9.08. The Kier molecular flexibility index (Phi) is 4.65. The lowest BCUT2D eigenvalue weighted by Crippen LogP contribution is -2.19. The maximum Gasteiger partial charge on any atom is 0.154 e. The van der Waals surface area contributed by atoms with Gasteiger partial charge in [-0.3, -0.25) is 5.43 Å². The number of halogens is 1. The molecule has 0 aliphatic carbocycles. The highest BCUT2D eigenvalue weighted by atomic mass is 19.1. The number of hydrogen-bond donors (Lipinski definition) is 1. The number of fused-ring (bicyclic) bond motifs is 1. The van der Waals surface area contributed by atoms with Crippen molar-refractivity contribution in [1.29, 1.82) is 0 Å². The van der Waals surface area contributed by atoms with Crippen LogP contribution in [-0.2, 0) is 0 Å². The highest BCUT2D eigenvalue weighted by Crippen LogP contribution is 2.27. The lowest BCUT2D eigenvalue weighted by Gasteiger charge is -2.14. The molecule has 0 amide bonds. The Morgan fingerprint density at radius 3 is 2.21 bits per heavy atom. The van der Waals surface area contributed by atoms with Gasteiger partial charge in [0.25, 0.3) is 0 Å². The number of anilines is 1. The SMILES string of the molecule is Cc1ccc2c(c1)C(c1ccc(N(C)C)cc1)=NNC(c1ccc(F)cc1)=N2. The Bertz CT molecular complexity index is 1060. The summed E-state index contributed by atoms with van der Waals surface area (Å²) in [5.41, 5.74) is 9.72. The van der Waals surface area contributed by atoms with E-state index in [2.05, 4.69) is 52.7 Å². The third kappa shape index (κ3) is 3.51. The molecule has 3 aromatic carbocycles. The van der Waals surface area contributed by atoms with Crippen LogP contribution in [0.1, 0.15) is 22.3 Å². The summed E-state index contributed by atoms with van der Waals surface area (Å²) in [6.45, 7) is 2.05. The number of nitrogens with zero attached hydrogens (tertiary/aromatic N) is 3. The zero-order chi connectivity index (χ0) is 19.7. The fourth-order valence-electron chi connectivity index (χ4n) is 3.13. The van der Waals surface area contributed by atoms with Crippen molar-refractivity contribution in [3.8, 4) is 0 Å². The molecule has 4 nitrogen and oxygen atoms in total. The van der Waals surface area contributed by atoms with Gasteiger partial charge in [0, 0.05) is 36.5 Å². The molecule has 0 bridgehead atoms. The lowest BCUT2D eigenvalue weighted by molar-refractivity contribution is 0.627. The van der Waals surface area contributed by atoms with E-state index in [-0.39, 0.29) is 5.82 Å². The summed E-state index contributed by atoms with van der Waals surface area (Å²) in [4.78, 5) is 6.82. The van der Waals surface area contributed by atoms with Crippen LogP contribution < -0.4 is 10.3 Å². The van der Waals surface area contributed by atoms with Gasteiger partial charge in [0.05, 0.1) is 11.4 Å². The van der Waals surface area contributed by atoms with Crippen molar-refractivity contribution in [1.82, 2.24) is 5.43 Å². The van der Waals surface area contributed by atoms with Crippen LogP contribution in [0.15, 0.2) is 76.8 Å². The maximum absolute atomic E-state index is 13.3. The Hall–Kier alpha value is -3.47. The summed E-state index contributed by atoms with van der Waals surface area (Å²) in [5.74, 6) is 0.309. The highest BCUT2D eigenvalue weighted by molar-refractivity contribution is 6.18. The molecule has 0 radical (unpaired) electrons. The summed E-state index contributed by atoms with van der Waals surface area (Å²) >= 11 is 0. The van der Waals surface area contributed by atoms with E-state index in [0.717, 1.165) is 39.3 Å². The molecule has 0 aromatic heterocycles. The average Bonchev–Trinajstić information content (AvgIpc) is 2.88.